The number of ether oxygens (including phenoxy) is 3. The van der Waals surface area contributed by atoms with Crippen LogP contribution in [0, 0.1) is 12.8 Å². The molecule has 3 rings (SSSR count). The van der Waals surface area contributed by atoms with Crippen LogP contribution in [0.1, 0.15) is 30.4 Å². The maximum absolute atomic E-state index is 6.16. The zero-order valence-electron chi connectivity index (χ0n) is 18.0. The molecular formula is C22H35N3O3S. The molecule has 0 spiro atoms. The number of hydrogen-bond donors (Lipinski definition) is 2. The van der Waals surface area contributed by atoms with Gasteiger partial charge in [0.25, 0.3) is 0 Å². The summed E-state index contributed by atoms with van der Waals surface area (Å²) in [6.45, 7) is 7.69. The third-order valence-corrected chi connectivity index (χ3v) is 7.22. The van der Waals surface area contributed by atoms with Crippen molar-refractivity contribution in [3.05, 3.63) is 29.3 Å². The molecule has 0 saturated carbocycles. The van der Waals surface area contributed by atoms with Crippen molar-refractivity contribution < 1.29 is 14.2 Å². The van der Waals surface area contributed by atoms with Crippen molar-refractivity contribution in [1.82, 2.24) is 10.6 Å². The highest BCUT2D eigenvalue weighted by Gasteiger charge is 2.31. The second-order valence-electron chi connectivity index (χ2n) is 7.93. The van der Waals surface area contributed by atoms with Gasteiger partial charge in [-0.15, -0.1) is 0 Å². The van der Waals surface area contributed by atoms with Gasteiger partial charge in [-0.25, -0.2) is 0 Å². The Morgan fingerprint density at radius 3 is 2.76 bits per heavy atom. The molecule has 7 heteroatoms. The average Bonchev–Trinajstić information content (AvgIpc) is 3.28. The summed E-state index contributed by atoms with van der Waals surface area (Å²) in [6, 6.07) is 6.38. The van der Waals surface area contributed by atoms with Gasteiger partial charge >= 0.3 is 0 Å². The van der Waals surface area contributed by atoms with Crippen molar-refractivity contribution in [2.24, 2.45) is 10.9 Å². The number of guanidine groups is 1. The minimum Gasteiger partial charge on any atom is -0.493 e. The predicted octanol–water partition coefficient (Wildman–Crippen LogP) is 2.99. The third-order valence-electron chi connectivity index (χ3n) is 5.81. The summed E-state index contributed by atoms with van der Waals surface area (Å²) >= 11 is 1.93. The van der Waals surface area contributed by atoms with Crippen LogP contribution in [0.3, 0.4) is 0 Å². The van der Waals surface area contributed by atoms with E-state index in [9.17, 15) is 0 Å². The first-order valence-corrected chi connectivity index (χ1v) is 11.7. The second kappa shape index (κ2) is 11.1. The fourth-order valence-corrected chi connectivity index (χ4v) is 4.50. The Morgan fingerprint density at radius 2 is 2.07 bits per heavy atom. The molecule has 2 aliphatic rings. The third kappa shape index (κ3) is 6.52. The van der Waals surface area contributed by atoms with Gasteiger partial charge in [-0.2, -0.15) is 11.8 Å². The first kappa shape index (κ1) is 22.2. The Labute approximate surface area is 179 Å². The van der Waals surface area contributed by atoms with Crippen molar-refractivity contribution in [2.75, 3.05) is 52.9 Å². The summed E-state index contributed by atoms with van der Waals surface area (Å²) in [5.74, 6) is 2.26. The zero-order chi connectivity index (χ0) is 20.5. The lowest BCUT2D eigenvalue weighted by atomic mass is 9.99. The average molecular weight is 422 g/mol. The second-order valence-corrected chi connectivity index (χ2v) is 9.20. The molecule has 29 heavy (non-hydrogen) atoms. The van der Waals surface area contributed by atoms with E-state index in [2.05, 4.69) is 47.0 Å². The first-order chi connectivity index (χ1) is 14.1. The summed E-state index contributed by atoms with van der Waals surface area (Å²) < 4.78 is 17.4. The molecule has 1 atom stereocenters. The van der Waals surface area contributed by atoms with Crippen LogP contribution in [0.4, 0.5) is 0 Å². The van der Waals surface area contributed by atoms with Crippen LogP contribution in [0.5, 0.6) is 5.75 Å². The van der Waals surface area contributed by atoms with Crippen LogP contribution in [0.25, 0.3) is 0 Å². The SMILES string of the molecule is CN=C(NCc1ccc(C)cc1OCC1CCOC1)NCC1(SC)CCOCC1. The van der Waals surface area contributed by atoms with E-state index in [-0.39, 0.29) is 4.75 Å². The normalized spacial score (nSPS) is 21.8. The maximum atomic E-state index is 6.16. The van der Waals surface area contributed by atoms with E-state index in [0.717, 1.165) is 69.5 Å². The molecule has 0 amide bonds. The van der Waals surface area contributed by atoms with E-state index in [1.54, 1.807) is 0 Å². The van der Waals surface area contributed by atoms with E-state index in [1.807, 2.05) is 18.8 Å². The molecule has 162 valence electrons. The summed E-state index contributed by atoms with van der Waals surface area (Å²) in [4.78, 5) is 4.41. The summed E-state index contributed by atoms with van der Waals surface area (Å²) in [7, 11) is 1.82. The molecule has 0 radical (unpaired) electrons. The van der Waals surface area contributed by atoms with Gasteiger partial charge in [0.05, 0.1) is 13.2 Å². The molecule has 2 saturated heterocycles. The Kier molecular flexibility index (Phi) is 8.51. The molecular weight excluding hydrogens is 386 g/mol. The van der Waals surface area contributed by atoms with Crippen LogP contribution in [0.2, 0.25) is 0 Å². The number of nitrogens with zero attached hydrogens (tertiary/aromatic N) is 1. The monoisotopic (exact) mass is 421 g/mol. The lowest BCUT2D eigenvalue weighted by Gasteiger charge is -2.36. The van der Waals surface area contributed by atoms with E-state index in [0.29, 0.717) is 19.1 Å². The Balaban J connectivity index is 1.54. The van der Waals surface area contributed by atoms with E-state index >= 15 is 0 Å². The van der Waals surface area contributed by atoms with E-state index < -0.39 is 0 Å². The number of nitrogens with one attached hydrogen (secondary N) is 2. The lowest BCUT2D eigenvalue weighted by Crippen LogP contribution is -2.47. The molecule has 6 nitrogen and oxygen atoms in total. The summed E-state index contributed by atoms with van der Waals surface area (Å²) in [5, 5.41) is 6.96. The molecule has 1 aromatic rings. The standard InChI is InChI=1S/C22H35N3O3S/c1-17-4-5-19(20(12-17)28-15-18-6-9-27-14-18)13-24-21(23-2)25-16-22(29-3)7-10-26-11-8-22/h4-5,12,18H,6-11,13-16H2,1-3H3,(H2,23,24,25). The Bertz CT molecular complexity index is 671. The Hall–Kier alpha value is -1.44. The highest BCUT2D eigenvalue weighted by atomic mass is 32.2. The molecule has 2 fully saturated rings. The summed E-state index contributed by atoms with van der Waals surface area (Å²) in [5.41, 5.74) is 2.35. The van der Waals surface area contributed by atoms with Crippen LogP contribution in [0.15, 0.2) is 23.2 Å². The first-order valence-electron chi connectivity index (χ1n) is 10.5. The van der Waals surface area contributed by atoms with Crippen LogP contribution in [-0.4, -0.2) is 63.6 Å². The molecule has 2 aliphatic heterocycles. The minimum atomic E-state index is 0.220. The number of thioether (sulfide) groups is 1. The van der Waals surface area contributed by atoms with Crippen molar-refractivity contribution >= 4 is 17.7 Å². The summed E-state index contributed by atoms with van der Waals surface area (Å²) in [6.07, 6.45) is 5.41. The Morgan fingerprint density at radius 1 is 1.24 bits per heavy atom. The van der Waals surface area contributed by atoms with Gasteiger partial charge in [0.2, 0.25) is 0 Å². The molecule has 2 N–H and O–H groups in total. The molecule has 1 aromatic carbocycles. The minimum absolute atomic E-state index is 0.220. The number of rotatable bonds is 8. The van der Waals surface area contributed by atoms with Crippen molar-refractivity contribution in [3.8, 4) is 5.75 Å². The predicted molar refractivity (Wildman–Crippen MR) is 120 cm³/mol. The maximum Gasteiger partial charge on any atom is 0.191 e. The van der Waals surface area contributed by atoms with E-state index in [4.69, 9.17) is 14.2 Å². The quantitative estimate of drug-likeness (QED) is 0.497. The van der Waals surface area contributed by atoms with Crippen molar-refractivity contribution in [2.45, 2.75) is 37.5 Å². The highest BCUT2D eigenvalue weighted by molar-refractivity contribution is 8.00. The lowest BCUT2D eigenvalue weighted by molar-refractivity contribution is 0.0783. The van der Waals surface area contributed by atoms with Crippen LogP contribution >= 0.6 is 11.8 Å². The number of benzene rings is 1. The number of aryl methyl sites for hydroxylation is 1. The fraction of sp³-hybridized carbons (Fsp3) is 0.682. The van der Waals surface area contributed by atoms with Crippen LogP contribution in [-0.2, 0) is 16.0 Å². The molecule has 0 aromatic heterocycles. The van der Waals surface area contributed by atoms with Gasteiger partial charge in [0.15, 0.2) is 5.96 Å². The number of aliphatic imine (C=N–C) groups is 1. The van der Waals surface area contributed by atoms with Gasteiger partial charge in [0, 0.05) is 56.2 Å². The van der Waals surface area contributed by atoms with Gasteiger partial charge in [-0.05, 0) is 44.1 Å². The fourth-order valence-electron chi connectivity index (χ4n) is 3.71. The van der Waals surface area contributed by atoms with E-state index in [1.165, 1.54) is 5.56 Å². The van der Waals surface area contributed by atoms with Gasteiger partial charge in [-0.1, -0.05) is 12.1 Å². The largest absolute Gasteiger partial charge is 0.493 e. The van der Waals surface area contributed by atoms with Crippen molar-refractivity contribution in [1.29, 1.82) is 0 Å². The molecule has 0 aliphatic carbocycles. The molecule has 0 bridgehead atoms. The highest BCUT2D eigenvalue weighted by Crippen LogP contribution is 2.33. The van der Waals surface area contributed by atoms with Gasteiger partial charge in [0.1, 0.15) is 5.75 Å². The van der Waals surface area contributed by atoms with Gasteiger partial charge < -0.3 is 24.8 Å². The zero-order valence-corrected chi connectivity index (χ0v) is 18.8. The van der Waals surface area contributed by atoms with Crippen molar-refractivity contribution in [3.63, 3.8) is 0 Å². The number of hydrogen-bond acceptors (Lipinski definition) is 5. The topological polar surface area (TPSA) is 64.1 Å². The van der Waals surface area contributed by atoms with Gasteiger partial charge in [-0.3, -0.25) is 4.99 Å². The smallest absolute Gasteiger partial charge is 0.191 e. The molecule has 2 heterocycles. The van der Waals surface area contributed by atoms with Crippen LogP contribution < -0.4 is 15.4 Å². The molecule has 1 unspecified atom stereocenters.